The van der Waals surface area contributed by atoms with Gasteiger partial charge in [-0.25, -0.2) is 4.98 Å². The molecule has 0 aliphatic rings. The van der Waals surface area contributed by atoms with E-state index < -0.39 is 0 Å². The minimum absolute atomic E-state index is 0.121. The van der Waals surface area contributed by atoms with Crippen LogP contribution in [0.1, 0.15) is 16.1 Å². The maximum atomic E-state index is 12.1. The second-order valence-electron chi connectivity index (χ2n) is 4.34. The molecular weight excluding hydrogens is 244 g/mol. The number of likely N-dealkylation sites (N-methyl/N-ethyl adjacent to an activating group) is 1. The Kier molecular flexibility index (Phi) is 4.10. The number of aryl methyl sites for hydroxylation is 1. The van der Waals surface area contributed by atoms with Gasteiger partial charge in [-0.1, -0.05) is 29.8 Å². The number of rotatable bonds is 4. The van der Waals surface area contributed by atoms with Gasteiger partial charge < -0.3 is 4.90 Å². The number of hydrogen-bond acceptors (Lipinski definition) is 3. The molecule has 94 valence electrons. The summed E-state index contributed by atoms with van der Waals surface area (Å²) < 4.78 is 0. The highest BCUT2D eigenvalue weighted by atomic mass is 32.1. The number of thiazole rings is 1. The lowest BCUT2D eigenvalue weighted by atomic mass is 10.1. The lowest BCUT2D eigenvalue weighted by molar-refractivity contribution is -0.129. The van der Waals surface area contributed by atoms with Gasteiger partial charge in [-0.2, -0.15) is 0 Å². The molecule has 0 aliphatic carbocycles. The summed E-state index contributed by atoms with van der Waals surface area (Å²) in [5.41, 5.74) is 2.24. The number of benzene rings is 1. The van der Waals surface area contributed by atoms with Crippen LogP contribution >= 0.6 is 11.3 Å². The molecule has 0 N–H and O–H groups in total. The van der Waals surface area contributed by atoms with Crippen LogP contribution < -0.4 is 0 Å². The number of nitrogens with zero attached hydrogens (tertiary/aromatic N) is 2. The zero-order valence-electron chi connectivity index (χ0n) is 10.6. The van der Waals surface area contributed by atoms with E-state index in [-0.39, 0.29) is 5.91 Å². The lowest BCUT2D eigenvalue weighted by Crippen LogP contribution is -2.27. The Morgan fingerprint density at radius 1 is 1.44 bits per heavy atom. The van der Waals surface area contributed by atoms with E-state index in [1.807, 2.05) is 37.6 Å². The van der Waals surface area contributed by atoms with Gasteiger partial charge in [0, 0.05) is 18.6 Å². The van der Waals surface area contributed by atoms with Crippen molar-refractivity contribution in [1.82, 2.24) is 9.88 Å². The summed E-state index contributed by atoms with van der Waals surface area (Å²) in [5, 5.41) is 2.89. The van der Waals surface area contributed by atoms with Crippen molar-refractivity contribution in [2.45, 2.75) is 19.9 Å². The highest BCUT2D eigenvalue weighted by Gasteiger charge is 2.11. The van der Waals surface area contributed by atoms with Crippen LogP contribution in [0.5, 0.6) is 0 Å². The summed E-state index contributed by atoms with van der Waals surface area (Å²) in [6.45, 7) is 2.62. The fraction of sp³-hybridized carbons (Fsp3) is 0.286. The molecule has 1 amide bonds. The quantitative estimate of drug-likeness (QED) is 0.846. The van der Waals surface area contributed by atoms with Crippen LogP contribution in [0.3, 0.4) is 0 Å². The predicted octanol–water partition coefficient (Wildman–Crippen LogP) is 2.65. The summed E-state index contributed by atoms with van der Waals surface area (Å²) in [4.78, 5) is 18.0. The Morgan fingerprint density at radius 3 is 2.94 bits per heavy atom. The zero-order chi connectivity index (χ0) is 13.0. The zero-order valence-corrected chi connectivity index (χ0v) is 11.4. The molecule has 18 heavy (non-hydrogen) atoms. The smallest absolute Gasteiger partial charge is 0.227 e. The Morgan fingerprint density at radius 2 is 2.28 bits per heavy atom. The van der Waals surface area contributed by atoms with E-state index in [1.54, 1.807) is 22.4 Å². The van der Waals surface area contributed by atoms with E-state index in [9.17, 15) is 4.79 Å². The van der Waals surface area contributed by atoms with Crippen molar-refractivity contribution in [3.63, 3.8) is 0 Å². The second-order valence-corrected chi connectivity index (χ2v) is 5.32. The van der Waals surface area contributed by atoms with Crippen molar-refractivity contribution < 1.29 is 4.79 Å². The van der Waals surface area contributed by atoms with Gasteiger partial charge in [0.25, 0.3) is 0 Å². The van der Waals surface area contributed by atoms with Gasteiger partial charge in [-0.3, -0.25) is 4.79 Å². The molecule has 0 atom stereocenters. The number of carbonyl (C=O) groups excluding carboxylic acids is 1. The average molecular weight is 260 g/mol. The maximum Gasteiger partial charge on any atom is 0.227 e. The third kappa shape index (κ3) is 3.40. The number of amides is 1. The summed E-state index contributed by atoms with van der Waals surface area (Å²) in [6.07, 6.45) is 2.21. The first-order valence-electron chi connectivity index (χ1n) is 5.83. The lowest BCUT2D eigenvalue weighted by Gasteiger charge is -2.15. The maximum absolute atomic E-state index is 12.1. The van der Waals surface area contributed by atoms with Crippen molar-refractivity contribution in [3.05, 3.63) is 52.0 Å². The van der Waals surface area contributed by atoms with Gasteiger partial charge in [0.1, 0.15) is 5.01 Å². The van der Waals surface area contributed by atoms with Gasteiger partial charge in [-0.15, -0.1) is 11.3 Å². The minimum atomic E-state index is 0.121. The third-order valence-corrected chi connectivity index (χ3v) is 3.48. The van der Waals surface area contributed by atoms with Crippen molar-refractivity contribution >= 4 is 17.2 Å². The molecule has 1 heterocycles. The van der Waals surface area contributed by atoms with Crippen LogP contribution in [0, 0.1) is 6.92 Å². The molecule has 4 heteroatoms. The molecule has 1 aromatic heterocycles. The summed E-state index contributed by atoms with van der Waals surface area (Å²) >= 11 is 1.57. The first-order valence-corrected chi connectivity index (χ1v) is 6.71. The molecule has 0 saturated heterocycles. The standard InChI is InChI=1S/C14H16N2OS/c1-11-4-3-5-12(8-11)9-14(17)16(2)10-13-15-6-7-18-13/h3-8H,9-10H2,1-2H3. The Labute approximate surface area is 111 Å². The Bertz CT molecular complexity index is 522. The van der Waals surface area contributed by atoms with Gasteiger partial charge >= 0.3 is 0 Å². The highest BCUT2D eigenvalue weighted by molar-refractivity contribution is 7.09. The van der Waals surface area contributed by atoms with Gasteiger partial charge in [0.05, 0.1) is 13.0 Å². The van der Waals surface area contributed by atoms with Crippen molar-refractivity contribution in [1.29, 1.82) is 0 Å². The molecule has 3 nitrogen and oxygen atoms in total. The third-order valence-electron chi connectivity index (χ3n) is 2.72. The monoisotopic (exact) mass is 260 g/mol. The fourth-order valence-corrected chi connectivity index (χ4v) is 2.42. The first-order chi connectivity index (χ1) is 8.65. The van der Waals surface area contributed by atoms with E-state index in [4.69, 9.17) is 0 Å². The second kappa shape index (κ2) is 5.78. The SMILES string of the molecule is Cc1cccc(CC(=O)N(C)Cc2nccs2)c1. The number of hydrogen-bond donors (Lipinski definition) is 0. The average Bonchev–Trinajstić information content (AvgIpc) is 2.81. The molecule has 0 spiro atoms. The Hall–Kier alpha value is -1.68. The minimum Gasteiger partial charge on any atom is -0.339 e. The molecule has 0 saturated carbocycles. The summed E-state index contributed by atoms with van der Waals surface area (Å²) in [6, 6.07) is 8.06. The molecule has 2 rings (SSSR count). The Balaban J connectivity index is 1.95. The largest absolute Gasteiger partial charge is 0.339 e. The topological polar surface area (TPSA) is 33.2 Å². The van der Waals surface area contributed by atoms with E-state index in [0.29, 0.717) is 13.0 Å². The predicted molar refractivity (Wildman–Crippen MR) is 73.5 cm³/mol. The number of carbonyl (C=O) groups is 1. The summed E-state index contributed by atoms with van der Waals surface area (Å²) in [7, 11) is 1.82. The normalized spacial score (nSPS) is 10.3. The van der Waals surface area contributed by atoms with Crippen LogP contribution in [0.2, 0.25) is 0 Å². The highest BCUT2D eigenvalue weighted by Crippen LogP contribution is 2.10. The van der Waals surface area contributed by atoms with Gasteiger partial charge in [-0.05, 0) is 12.5 Å². The fourth-order valence-electron chi connectivity index (χ4n) is 1.75. The van der Waals surface area contributed by atoms with Crippen molar-refractivity contribution in [2.24, 2.45) is 0 Å². The van der Waals surface area contributed by atoms with Crippen LogP contribution in [0.25, 0.3) is 0 Å². The molecule has 0 radical (unpaired) electrons. The molecule has 1 aromatic carbocycles. The van der Waals surface area contributed by atoms with Crippen molar-refractivity contribution in [3.8, 4) is 0 Å². The van der Waals surface area contributed by atoms with Gasteiger partial charge in [0.2, 0.25) is 5.91 Å². The van der Waals surface area contributed by atoms with Crippen molar-refractivity contribution in [2.75, 3.05) is 7.05 Å². The van der Waals surface area contributed by atoms with Crippen LogP contribution in [0.15, 0.2) is 35.8 Å². The van der Waals surface area contributed by atoms with Crippen LogP contribution in [-0.4, -0.2) is 22.8 Å². The van der Waals surface area contributed by atoms with Gasteiger partial charge in [0.15, 0.2) is 0 Å². The molecule has 0 aliphatic heterocycles. The van der Waals surface area contributed by atoms with Crippen LogP contribution in [0.4, 0.5) is 0 Å². The van der Waals surface area contributed by atoms with Crippen LogP contribution in [-0.2, 0) is 17.8 Å². The first kappa shape index (κ1) is 12.8. The molecule has 0 fully saturated rings. The molecule has 0 bridgehead atoms. The van der Waals surface area contributed by atoms with E-state index in [2.05, 4.69) is 11.1 Å². The van der Waals surface area contributed by atoms with E-state index in [0.717, 1.165) is 10.6 Å². The van der Waals surface area contributed by atoms with E-state index >= 15 is 0 Å². The molecule has 0 unspecified atom stereocenters. The molecule has 2 aromatic rings. The summed E-state index contributed by atoms with van der Waals surface area (Å²) in [5.74, 6) is 0.121. The van der Waals surface area contributed by atoms with E-state index in [1.165, 1.54) is 5.56 Å². The number of aromatic nitrogens is 1. The molecular formula is C14H16N2OS.